The number of benzene rings is 1. The molecule has 3 aromatic rings. The van der Waals surface area contributed by atoms with Crippen LogP contribution >= 0.6 is 0 Å². The van der Waals surface area contributed by atoms with Crippen LogP contribution in [0.15, 0.2) is 55.0 Å². The molecule has 0 aliphatic rings. The third kappa shape index (κ3) is 1.29. The molecule has 16 heavy (non-hydrogen) atoms. The van der Waals surface area contributed by atoms with E-state index in [-0.39, 0.29) is 5.82 Å². The van der Waals surface area contributed by atoms with Gasteiger partial charge in [0.15, 0.2) is 5.82 Å². The van der Waals surface area contributed by atoms with Crippen LogP contribution in [0.3, 0.4) is 0 Å². The van der Waals surface area contributed by atoms with Crippen LogP contribution in [0.2, 0.25) is 0 Å². The van der Waals surface area contributed by atoms with Gasteiger partial charge in [0.2, 0.25) is 0 Å². The third-order valence-electron chi connectivity index (χ3n) is 2.61. The fraction of sp³-hybridized carbons (Fsp3) is 0. The molecule has 0 fully saturated rings. The molecule has 2 heterocycles. The average Bonchev–Trinajstić information content (AvgIpc) is 2.74. The smallest absolute Gasteiger partial charge is 0.165 e. The van der Waals surface area contributed by atoms with Gasteiger partial charge in [-0.1, -0.05) is 18.2 Å². The Labute approximate surface area is 92.0 Å². The Balaban J connectivity index is 2.31. The van der Waals surface area contributed by atoms with E-state index in [0.29, 0.717) is 5.69 Å². The number of para-hydroxylation sites is 1. The van der Waals surface area contributed by atoms with Crippen LogP contribution < -0.4 is 0 Å². The van der Waals surface area contributed by atoms with Gasteiger partial charge in [-0.3, -0.25) is 4.98 Å². The summed E-state index contributed by atoms with van der Waals surface area (Å²) in [5, 5.41) is 1.10. The lowest BCUT2D eigenvalue weighted by Gasteiger charge is -2.05. The van der Waals surface area contributed by atoms with E-state index in [1.807, 2.05) is 41.1 Å². The molecular formula is C13H9FN2. The Morgan fingerprint density at radius 3 is 2.81 bits per heavy atom. The molecule has 2 nitrogen and oxygen atoms in total. The van der Waals surface area contributed by atoms with Crippen molar-refractivity contribution in [3.63, 3.8) is 0 Å². The number of pyridine rings is 1. The molecule has 0 unspecified atom stereocenters. The van der Waals surface area contributed by atoms with Gasteiger partial charge in [-0.15, -0.1) is 0 Å². The molecule has 3 heteroatoms. The number of hydrogen-bond acceptors (Lipinski definition) is 1. The van der Waals surface area contributed by atoms with Crippen LogP contribution in [0.1, 0.15) is 0 Å². The minimum atomic E-state index is -0.316. The van der Waals surface area contributed by atoms with E-state index in [2.05, 4.69) is 4.98 Å². The van der Waals surface area contributed by atoms with Gasteiger partial charge >= 0.3 is 0 Å². The summed E-state index contributed by atoms with van der Waals surface area (Å²) >= 11 is 0. The Hall–Kier alpha value is -2.16. The largest absolute Gasteiger partial charge is 0.314 e. The fourth-order valence-electron chi connectivity index (χ4n) is 1.86. The van der Waals surface area contributed by atoms with Crippen LogP contribution in [0.4, 0.5) is 4.39 Å². The maximum absolute atomic E-state index is 13.6. The topological polar surface area (TPSA) is 17.8 Å². The fourth-order valence-corrected chi connectivity index (χ4v) is 1.86. The first-order valence-corrected chi connectivity index (χ1v) is 5.02. The zero-order chi connectivity index (χ0) is 11.0. The van der Waals surface area contributed by atoms with Crippen molar-refractivity contribution in [2.75, 3.05) is 0 Å². The van der Waals surface area contributed by atoms with E-state index in [0.717, 1.165) is 10.9 Å². The van der Waals surface area contributed by atoms with Gasteiger partial charge < -0.3 is 4.57 Å². The number of rotatable bonds is 1. The van der Waals surface area contributed by atoms with Gasteiger partial charge in [-0.25, -0.2) is 4.39 Å². The monoisotopic (exact) mass is 212 g/mol. The Morgan fingerprint density at radius 1 is 1.06 bits per heavy atom. The molecule has 0 radical (unpaired) electrons. The van der Waals surface area contributed by atoms with E-state index in [1.165, 1.54) is 6.20 Å². The molecule has 0 aliphatic heterocycles. The van der Waals surface area contributed by atoms with Crippen molar-refractivity contribution in [2.24, 2.45) is 0 Å². The molecule has 0 N–H and O–H groups in total. The first kappa shape index (κ1) is 9.09. The van der Waals surface area contributed by atoms with Crippen molar-refractivity contribution in [1.29, 1.82) is 0 Å². The predicted octanol–water partition coefficient (Wildman–Crippen LogP) is 3.16. The molecule has 1 aromatic carbocycles. The van der Waals surface area contributed by atoms with Crippen molar-refractivity contribution >= 4 is 10.9 Å². The summed E-state index contributed by atoms with van der Waals surface area (Å²) in [4.78, 5) is 3.75. The van der Waals surface area contributed by atoms with Gasteiger partial charge in [-0.05, 0) is 23.6 Å². The van der Waals surface area contributed by atoms with Crippen LogP contribution in [-0.2, 0) is 0 Å². The van der Waals surface area contributed by atoms with E-state index in [4.69, 9.17) is 0 Å². The van der Waals surface area contributed by atoms with Crippen molar-refractivity contribution in [3.8, 4) is 5.69 Å². The highest BCUT2D eigenvalue weighted by molar-refractivity contribution is 5.81. The van der Waals surface area contributed by atoms with E-state index >= 15 is 0 Å². The van der Waals surface area contributed by atoms with Crippen molar-refractivity contribution < 1.29 is 4.39 Å². The first-order valence-electron chi connectivity index (χ1n) is 5.02. The Morgan fingerprint density at radius 2 is 1.94 bits per heavy atom. The minimum Gasteiger partial charge on any atom is -0.314 e. The molecule has 3 rings (SSSR count). The predicted molar refractivity (Wildman–Crippen MR) is 61.0 cm³/mol. The summed E-state index contributed by atoms with van der Waals surface area (Å²) in [6.07, 6.45) is 4.68. The number of halogens is 1. The highest BCUT2D eigenvalue weighted by Crippen LogP contribution is 2.21. The third-order valence-corrected chi connectivity index (χ3v) is 2.61. The normalized spacial score (nSPS) is 10.8. The number of aromatic nitrogens is 2. The lowest BCUT2D eigenvalue weighted by molar-refractivity contribution is 0.613. The standard InChI is InChI=1S/C13H9FN2/c14-11-9-15-7-5-13(11)16-8-6-10-3-1-2-4-12(10)16/h1-9H. The lowest BCUT2D eigenvalue weighted by atomic mass is 10.2. The average molecular weight is 212 g/mol. The number of fused-ring (bicyclic) bond motifs is 1. The minimum absolute atomic E-state index is 0.316. The lowest BCUT2D eigenvalue weighted by Crippen LogP contribution is -1.95. The highest BCUT2D eigenvalue weighted by atomic mass is 19.1. The summed E-state index contributed by atoms with van der Waals surface area (Å²) in [6.45, 7) is 0. The summed E-state index contributed by atoms with van der Waals surface area (Å²) in [7, 11) is 0. The van der Waals surface area contributed by atoms with E-state index in [1.54, 1.807) is 12.3 Å². The summed E-state index contributed by atoms with van der Waals surface area (Å²) in [6, 6.07) is 11.5. The molecule has 0 saturated heterocycles. The second-order valence-corrected chi connectivity index (χ2v) is 3.57. The quantitative estimate of drug-likeness (QED) is 0.605. The van der Waals surface area contributed by atoms with Crippen LogP contribution in [-0.4, -0.2) is 9.55 Å². The zero-order valence-electron chi connectivity index (χ0n) is 8.47. The SMILES string of the molecule is Fc1cnccc1-n1ccc2ccccc21. The molecule has 78 valence electrons. The first-order chi connectivity index (χ1) is 7.86. The molecule has 0 amide bonds. The number of hydrogen-bond donors (Lipinski definition) is 0. The van der Waals surface area contributed by atoms with Crippen LogP contribution in [0.5, 0.6) is 0 Å². The van der Waals surface area contributed by atoms with Gasteiger partial charge in [0, 0.05) is 12.4 Å². The summed E-state index contributed by atoms with van der Waals surface area (Å²) in [5.74, 6) is -0.316. The molecule has 0 spiro atoms. The molecule has 0 saturated carbocycles. The molecule has 2 aromatic heterocycles. The van der Waals surface area contributed by atoms with Crippen molar-refractivity contribution in [3.05, 3.63) is 60.8 Å². The molecule has 0 atom stereocenters. The number of nitrogens with zero attached hydrogens (tertiary/aromatic N) is 2. The second-order valence-electron chi connectivity index (χ2n) is 3.57. The van der Waals surface area contributed by atoms with Gasteiger partial charge in [0.05, 0.1) is 17.4 Å². The Kier molecular flexibility index (Phi) is 1.96. The summed E-state index contributed by atoms with van der Waals surface area (Å²) in [5.41, 5.74) is 1.52. The van der Waals surface area contributed by atoms with Gasteiger partial charge in [0.1, 0.15) is 0 Å². The highest BCUT2D eigenvalue weighted by Gasteiger charge is 2.06. The van der Waals surface area contributed by atoms with Gasteiger partial charge in [0.25, 0.3) is 0 Å². The molecule has 0 bridgehead atoms. The van der Waals surface area contributed by atoms with Crippen molar-refractivity contribution in [1.82, 2.24) is 9.55 Å². The molecular weight excluding hydrogens is 203 g/mol. The van der Waals surface area contributed by atoms with Gasteiger partial charge in [-0.2, -0.15) is 0 Å². The van der Waals surface area contributed by atoms with Crippen LogP contribution in [0, 0.1) is 5.82 Å². The second kappa shape index (κ2) is 3.45. The maximum atomic E-state index is 13.6. The van der Waals surface area contributed by atoms with Crippen LogP contribution in [0.25, 0.3) is 16.6 Å². The maximum Gasteiger partial charge on any atom is 0.165 e. The molecule has 0 aliphatic carbocycles. The summed E-state index contributed by atoms with van der Waals surface area (Å²) < 4.78 is 15.4. The Bertz CT molecular complexity index is 643. The van der Waals surface area contributed by atoms with Crippen molar-refractivity contribution in [2.45, 2.75) is 0 Å². The zero-order valence-corrected chi connectivity index (χ0v) is 8.47. The van der Waals surface area contributed by atoms with E-state index in [9.17, 15) is 4.39 Å². The van der Waals surface area contributed by atoms with E-state index < -0.39 is 0 Å².